The van der Waals surface area contributed by atoms with Crippen LogP contribution in [0.5, 0.6) is 0 Å². The van der Waals surface area contributed by atoms with Crippen molar-refractivity contribution in [1.82, 2.24) is 0 Å². The van der Waals surface area contributed by atoms with Gasteiger partial charge in [0.1, 0.15) is 11.6 Å². The summed E-state index contributed by atoms with van der Waals surface area (Å²) in [7, 11) is 0. The number of hydrogen-bond acceptors (Lipinski definition) is 1. The van der Waals surface area contributed by atoms with Gasteiger partial charge in [-0.05, 0) is 52.7 Å². The predicted molar refractivity (Wildman–Crippen MR) is 80.9 cm³/mol. The Labute approximate surface area is 131 Å². The van der Waals surface area contributed by atoms with E-state index in [9.17, 15) is 13.6 Å². The molecule has 0 bridgehead atoms. The van der Waals surface area contributed by atoms with Crippen LogP contribution in [0.25, 0.3) is 0 Å². The van der Waals surface area contributed by atoms with Crippen LogP contribution in [0.1, 0.15) is 15.9 Å². The fourth-order valence-corrected chi connectivity index (χ4v) is 2.39. The zero-order chi connectivity index (χ0) is 14.9. The van der Waals surface area contributed by atoms with E-state index in [4.69, 9.17) is 0 Å². The molecule has 0 fully saturated rings. The predicted octanol–water partition coefficient (Wildman–Crippen LogP) is 5.05. The van der Waals surface area contributed by atoms with Gasteiger partial charge in [-0.25, -0.2) is 8.78 Å². The number of benzene rings is 2. The van der Waals surface area contributed by atoms with E-state index in [1.807, 2.05) is 0 Å². The number of aryl methyl sites for hydroxylation is 1. The summed E-state index contributed by atoms with van der Waals surface area (Å²) in [6, 6.07) is 7.04. The Morgan fingerprint density at radius 3 is 2.50 bits per heavy atom. The molecule has 2 aromatic carbocycles. The molecular formula is C14H9Br2F2NO. The van der Waals surface area contributed by atoms with E-state index in [0.29, 0.717) is 14.5 Å². The first-order chi connectivity index (χ1) is 9.38. The molecule has 0 atom stereocenters. The number of rotatable bonds is 2. The second kappa shape index (κ2) is 6.01. The Morgan fingerprint density at radius 1 is 1.10 bits per heavy atom. The van der Waals surface area contributed by atoms with Crippen LogP contribution in [0, 0.1) is 18.6 Å². The van der Waals surface area contributed by atoms with Gasteiger partial charge in [0.25, 0.3) is 5.91 Å². The molecule has 6 heteroatoms. The summed E-state index contributed by atoms with van der Waals surface area (Å²) in [5.41, 5.74) is 0.314. The zero-order valence-electron chi connectivity index (χ0n) is 10.3. The van der Waals surface area contributed by atoms with Crippen molar-refractivity contribution in [2.45, 2.75) is 6.92 Å². The van der Waals surface area contributed by atoms with E-state index in [1.165, 1.54) is 6.92 Å². The minimum Gasteiger partial charge on any atom is -0.319 e. The highest BCUT2D eigenvalue weighted by molar-refractivity contribution is 9.11. The largest absolute Gasteiger partial charge is 0.319 e. The van der Waals surface area contributed by atoms with Crippen molar-refractivity contribution < 1.29 is 13.6 Å². The van der Waals surface area contributed by atoms with Crippen LogP contribution in [0.2, 0.25) is 0 Å². The highest BCUT2D eigenvalue weighted by Gasteiger charge is 2.14. The topological polar surface area (TPSA) is 29.1 Å². The molecule has 0 unspecified atom stereocenters. The molecule has 0 aliphatic rings. The van der Waals surface area contributed by atoms with E-state index >= 15 is 0 Å². The minimum absolute atomic E-state index is 0.184. The summed E-state index contributed by atoms with van der Waals surface area (Å²) in [5, 5.41) is 2.36. The van der Waals surface area contributed by atoms with E-state index in [-0.39, 0.29) is 11.3 Å². The third kappa shape index (κ3) is 3.24. The number of anilines is 1. The number of carbonyl (C=O) groups excluding carboxylic acids is 1. The van der Waals surface area contributed by atoms with Crippen molar-refractivity contribution in [3.63, 3.8) is 0 Å². The Kier molecular flexibility index (Phi) is 4.55. The Balaban J connectivity index is 2.32. The summed E-state index contributed by atoms with van der Waals surface area (Å²) in [4.78, 5) is 12.1. The van der Waals surface area contributed by atoms with E-state index in [1.54, 1.807) is 18.2 Å². The van der Waals surface area contributed by atoms with Gasteiger partial charge in [0.2, 0.25) is 0 Å². The van der Waals surface area contributed by atoms with Crippen molar-refractivity contribution in [3.05, 3.63) is 62.0 Å². The first-order valence-electron chi connectivity index (χ1n) is 5.60. The third-order valence-corrected chi connectivity index (χ3v) is 3.85. The van der Waals surface area contributed by atoms with Crippen molar-refractivity contribution in [2.24, 2.45) is 0 Å². The van der Waals surface area contributed by atoms with Crippen LogP contribution >= 0.6 is 31.9 Å². The summed E-state index contributed by atoms with van der Waals surface area (Å²) in [6.07, 6.45) is 0. The summed E-state index contributed by atoms with van der Waals surface area (Å²) >= 11 is 6.49. The van der Waals surface area contributed by atoms with Gasteiger partial charge in [-0.1, -0.05) is 15.9 Å². The smallest absolute Gasteiger partial charge is 0.256 e. The summed E-state index contributed by atoms with van der Waals surface area (Å²) < 4.78 is 28.4. The quantitative estimate of drug-likeness (QED) is 0.745. The maximum absolute atomic E-state index is 13.7. The highest BCUT2D eigenvalue weighted by atomic mass is 79.9. The van der Waals surface area contributed by atoms with Gasteiger partial charge in [-0.15, -0.1) is 0 Å². The Hall–Kier alpha value is -1.27. The number of carbonyl (C=O) groups is 1. The van der Waals surface area contributed by atoms with Crippen LogP contribution in [0.15, 0.2) is 39.3 Å². The number of amides is 1. The van der Waals surface area contributed by atoms with Crippen molar-refractivity contribution in [3.8, 4) is 0 Å². The molecule has 0 radical (unpaired) electrons. The van der Waals surface area contributed by atoms with E-state index < -0.39 is 17.5 Å². The van der Waals surface area contributed by atoms with Crippen LogP contribution in [-0.2, 0) is 0 Å². The Bertz CT molecular complexity index is 689. The van der Waals surface area contributed by atoms with Crippen LogP contribution in [-0.4, -0.2) is 5.91 Å². The molecule has 0 heterocycles. The fraction of sp³-hybridized carbons (Fsp3) is 0.0714. The normalized spacial score (nSPS) is 10.4. The van der Waals surface area contributed by atoms with Crippen LogP contribution in [0.3, 0.4) is 0 Å². The van der Waals surface area contributed by atoms with Gasteiger partial charge in [-0.2, -0.15) is 0 Å². The Morgan fingerprint density at radius 2 is 1.80 bits per heavy atom. The maximum Gasteiger partial charge on any atom is 0.256 e. The summed E-state index contributed by atoms with van der Waals surface area (Å²) in [6.45, 7) is 1.45. The maximum atomic E-state index is 13.7. The molecular weight excluding hydrogens is 396 g/mol. The molecule has 2 rings (SSSR count). The fourth-order valence-electron chi connectivity index (χ4n) is 1.60. The van der Waals surface area contributed by atoms with Gasteiger partial charge in [-0.3, -0.25) is 4.79 Å². The van der Waals surface area contributed by atoms with Crippen molar-refractivity contribution >= 4 is 43.5 Å². The number of halogens is 4. The van der Waals surface area contributed by atoms with E-state index in [2.05, 4.69) is 37.2 Å². The first kappa shape index (κ1) is 15.1. The van der Waals surface area contributed by atoms with Crippen LogP contribution < -0.4 is 5.32 Å². The zero-order valence-corrected chi connectivity index (χ0v) is 13.5. The lowest BCUT2D eigenvalue weighted by Crippen LogP contribution is -2.14. The van der Waals surface area contributed by atoms with Gasteiger partial charge >= 0.3 is 0 Å². The van der Waals surface area contributed by atoms with Crippen molar-refractivity contribution in [2.75, 3.05) is 5.32 Å². The molecule has 1 N–H and O–H groups in total. The molecule has 0 aliphatic heterocycles. The lowest BCUT2D eigenvalue weighted by Gasteiger charge is -2.09. The number of nitrogens with one attached hydrogen (secondary N) is 1. The lowest BCUT2D eigenvalue weighted by molar-refractivity contribution is 0.102. The van der Waals surface area contributed by atoms with E-state index in [0.717, 1.165) is 12.1 Å². The average molecular weight is 405 g/mol. The average Bonchev–Trinajstić information content (AvgIpc) is 2.38. The molecule has 2 nitrogen and oxygen atoms in total. The highest BCUT2D eigenvalue weighted by Crippen LogP contribution is 2.24. The molecule has 0 saturated heterocycles. The lowest BCUT2D eigenvalue weighted by atomic mass is 10.1. The molecule has 104 valence electrons. The second-order valence-corrected chi connectivity index (χ2v) is 5.93. The van der Waals surface area contributed by atoms with Gasteiger partial charge in [0.05, 0.1) is 11.3 Å². The molecule has 0 aliphatic carbocycles. The standard InChI is InChI=1S/C14H9Br2F2NO/c1-7-4-12(18)13(6-11(7)17)19-14(20)9-5-8(15)2-3-10(9)16/h2-6H,1H3,(H,19,20). The molecule has 20 heavy (non-hydrogen) atoms. The van der Waals surface area contributed by atoms with Gasteiger partial charge in [0.15, 0.2) is 0 Å². The summed E-state index contributed by atoms with van der Waals surface area (Å²) in [5.74, 6) is -1.78. The molecule has 1 amide bonds. The molecule has 2 aromatic rings. The molecule has 0 saturated carbocycles. The van der Waals surface area contributed by atoms with Gasteiger partial charge in [0, 0.05) is 15.0 Å². The molecule has 0 aromatic heterocycles. The van der Waals surface area contributed by atoms with Crippen LogP contribution in [0.4, 0.5) is 14.5 Å². The number of hydrogen-bond donors (Lipinski definition) is 1. The molecule has 0 spiro atoms. The third-order valence-electron chi connectivity index (χ3n) is 2.67. The van der Waals surface area contributed by atoms with Gasteiger partial charge < -0.3 is 5.32 Å². The monoisotopic (exact) mass is 403 g/mol. The second-order valence-electron chi connectivity index (χ2n) is 4.16. The first-order valence-corrected chi connectivity index (χ1v) is 7.19. The van der Waals surface area contributed by atoms with Crippen molar-refractivity contribution in [1.29, 1.82) is 0 Å². The minimum atomic E-state index is -0.677. The SMILES string of the molecule is Cc1cc(F)c(NC(=O)c2cc(Br)ccc2Br)cc1F.